The highest BCUT2D eigenvalue weighted by molar-refractivity contribution is 5.97. The molecule has 100 valence electrons. The maximum Gasteiger partial charge on any atom is 0.414 e. The predicted octanol–water partition coefficient (Wildman–Crippen LogP) is 1.75. The lowest BCUT2D eigenvalue weighted by Crippen LogP contribution is -2.27. The van der Waals surface area contributed by atoms with Crippen LogP contribution in [0.25, 0.3) is 0 Å². The Labute approximate surface area is 110 Å². The second-order valence-electron chi connectivity index (χ2n) is 4.54. The standard InChI is InChI=1S/C13H14N2O4/c1-2-9-6-15(13(17)19-9)8-3-4-11-10(5-8)14-12(16)7-18-11/h3-5,9H,2,6-7H2,1H3,(H,14,16)/t9-/m0/s1. The van der Waals surface area contributed by atoms with E-state index in [1.54, 1.807) is 23.1 Å². The average molecular weight is 262 g/mol. The fraction of sp³-hybridized carbons (Fsp3) is 0.385. The van der Waals surface area contributed by atoms with Crippen molar-refractivity contribution in [3.05, 3.63) is 18.2 Å². The topological polar surface area (TPSA) is 67.9 Å². The molecule has 6 nitrogen and oxygen atoms in total. The zero-order chi connectivity index (χ0) is 13.4. The number of benzene rings is 1. The molecule has 0 aromatic heterocycles. The summed E-state index contributed by atoms with van der Waals surface area (Å²) >= 11 is 0. The molecule has 19 heavy (non-hydrogen) atoms. The van der Waals surface area contributed by atoms with Gasteiger partial charge in [-0.3, -0.25) is 9.69 Å². The number of rotatable bonds is 2. The van der Waals surface area contributed by atoms with Gasteiger partial charge in [-0.05, 0) is 24.6 Å². The van der Waals surface area contributed by atoms with Gasteiger partial charge in [-0.1, -0.05) is 6.92 Å². The van der Waals surface area contributed by atoms with Gasteiger partial charge in [0, 0.05) is 5.69 Å². The second-order valence-corrected chi connectivity index (χ2v) is 4.54. The lowest BCUT2D eigenvalue weighted by molar-refractivity contribution is -0.118. The highest BCUT2D eigenvalue weighted by Crippen LogP contribution is 2.33. The zero-order valence-corrected chi connectivity index (χ0v) is 10.5. The smallest absolute Gasteiger partial charge is 0.414 e. The quantitative estimate of drug-likeness (QED) is 0.881. The molecule has 1 aromatic rings. The number of carbonyl (C=O) groups is 2. The SMILES string of the molecule is CC[C@H]1CN(c2ccc3c(c2)NC(=O)CO3)C(=O)O1. The summed E-state index contributed by atoms with van der Waals surface area (Å²) in [4.78, 5) is 24.6. The van der Waals surface area contributed by atoms with Crippen LogP contribution < -0.4 is 15.0 Å². The number of anilines is 2. The van der Waals surface area contributed by atoms with Crippen molar-refractivity contribution >= 4 is 23.4 Å². The minimum atomic E-state index is -0.352. The minimum absolute atomic E-state index is 0.0238. The lowest BCUT2D eigenvalue weighted by atomic mass is 10.2. The molecular formula is C13H14N2O4. The number of carbonyl (C=O) groups excluding carboxylic acids is 2. The van der Waals surface area contributed by atoms with Crippen molar-refractivity contribution in [2.75, 3.05) is 23.4 Å². The Morgan fingerprint density at radius 1 is 1.42 bits per heavy atom. The van der Waals surface area contributed by atoms with Crippen molar-refractivity contribution < 1.29 is 19.1 Å². The first-order valence-corrected chi connectivity index (χ1v) is 6.22. The van der Waals surface area contributed by atoms with Crippen LogP contribution in [0.3, 0.4) is 0 Å². The molecule has 1 N–H and O–H groups in total. The summed E-state index contributed by atoms with van der Waals surface area (Å²) in [7, 11) is 0. The number of ether oxygens (including phenoxy) is 2. The van der Waals surface area contributed by atoms with E-state index in [4.69, 9.17) is 9.47 Å². The molecule has 6 heteroatoms. The van der Waals surface area contributed by atoms with Crippen molar-refractivity contribution in [2.24, 2.45) is 0 Å². The molecule has 2 aliphatic heterocycles. The molecule has 0 unspecified atom stereocenters. The molecule has 1 atom stereocenters. The number of hydrogen-bond donors (Lipinski definition) is 1. The van der Waals surface area contributed by atoms with Crippen LogP contribution in [0, 0.1) is 0 Å². The number of fused-ring (bicyclic) bond motifs is 1. The van der Waals surface area contributed by atoms with Crippen LogP contribution in [0.1, 0.15) is 13.3 Å². The third-order valence-corrected chi connectivity index (χ3v) is 3.24. The van der Waals surface area contributed by atoms with E-state index in [-0.39, 0.29) is 24.7 Å². The predicted molar refractivity (Wildman–Crippen MR) is 68.5 cm³/mol. The summed E-state index contributed by atoms with van der Waals surface area (Å²) in [5, 5.41) is 2.72. The van der Waals surface area contributed by atoms with E-state index < -0.39 is 0 Å². The maximum atomic E-state index is 11.8. The van der Waals surface area contributed by atoms with Crippen molar-refractivity contribution in [1.82, 2.24) is 0 Å². The van der Waals surface area contributed by atoms with Gasteiger partial charge in [0.25, 0.3) is 5.91 Å². The largest absolute Gasteiger partial charge is 0.482 e. The normalized spacial score (nSPS) is 21.5. The summed E-state index contributed by atoms with van der Waals surface area (Å²) in [6.07, 6.45) is 0.358. The van der Waals surface area contributed by atoms with Crippen LogP contribution in [0.15, 0.2) is 18.2 Å². The zero-order valence-electron chi connectivity index (χ0n) is 10.5. The van der Waals surface area contributed by atoms with Crippen LogP contribution >= 0.6 is 0 Å². The van der Waals surface area contributed by atoms with Crippen LogP contribution in [-0.4, -0.2) is 31.3 Å². The lowest BCUT2D eigenvalue weighted by Gasteiger charge is -2.20. The average Bonchev–Trinajstić information content (AvgIpc) is 2.79. The van der Waals surface area contributed by atoms with E-state index in [9.17, 15) is 9.59 Å². The molecule has 2 amide bonds. The van der Waals surface area contributed by atoms with E-state index in [1.165, 1.54) is 0 Å². The first-order valence-electron chi connectivity index (χ1n) is 6.22. The Kier molecular flexibility index (Phi) is 2.77. The fourth-order valence-corrected chi connectivity index (χ4v) is 2.18. The van der Waals surface area contributed by atoms with E-state index in [0.717, 1.165) is 6.42 Å². The number of nitrogens with zero attached hydrogens (tertiary/aromatic N) is 1. The molecule has 1 fully saturated rings. The highest BCUT2D eigenvalue weighted by Gasteiger charge is 2.31. The van der Waals surface area contributed by atoms with E-state index in [2.05, 4.69) is 5.32 Å². The van der Waals surface area contributed by atoms with Crippen molar-refractivity contribution in [3.8, 4) is 5.75 Å². The van der Waals surface area contributed by atoms with E-state index >= 15 is 0 Å². The molecule has 1 aromatic carbocycles. The van der Waals surface area contributed by atoms with Crippen molar-refractivity contribution in [1.29, 1.82) is 0 Å². The highest BCUT2D eigenvalue weighted by atomic mass is 16.6. The molecule has 0 bridgehead atoms. The van der Waals surface area contributed by atoms with Crippen LogP contribution in [0.4, 0.5) is 16.2 Å². The Balaban J connectivity index is 1.88. The number of nitrogens with one attached hydrogen (secondary N) is 1. The van der Waals surface area contributed by atoms with Crippen LogP contribution in [-0.2, 0) is 9.53 Å². The molecule has 0 saturated carbocycles. The Bertz CT molecular complexity index is 543. The van der Waals surface area contributed by atoms with E-state index in [0.29, 0.717) is 23.7 Å². The third-order valence-electron chi connectivity index (χ3n) is 3.24. The monoisotopic (exact) mass is 262 g/mol. The maximum absolute atomic E-state index is 11.8. The summed E-state index contributed by atoms with van der Waals surface area (Å²) in [6.45, 7) is 2.53. The molecule has 0 aliphatic carbocycles. The second kappa shape index (κ2) is 4.46. The molecule has 1 saturated heterocycles. The van der Waals surface area contributed by atoms with Crippen LogP contribution in [0.5, 0.6) is 5.75 Å². The fourth-order valence-electron chi connectivity index (χ4n) is 2.18. The van der Waals surface area contributed by atoms with Gasteiger partial charge in [0.1, 0.15) is 11.9 Å². The molecule has 3 rings (SSSR count). The number of amides is 2. The molecule has 2 aliphatic rings. The van der Waals surface area contributed by atoms with E-state index in [1.807, 2.05) is 6.92 Å². The van der Waals surface area contributed by atoms with Gasteiger partial charge in [-0.15, -0.1) is 0 Å². The third kappa shape index (κ3) is 2.09. The van der Waals surface area contributed by atoms with Crippen molar-refractivity contribution in [2.45, 2.75) is 19.4 Å². The van der Waals surface area contributed by atoms with Gasteiger partial charge < -0.3 is 14.8 Å². The molecular weight excluding hydrogens is 248 g/mol. The summed E-state index contributed by atoms with van der Waals surface area (Å²) < 4.78 is 10.5. The number of hydrogen-bond acceptors (Lipinski definition) is 4. The minimum Gasteiger partial charge on any atom is -0.482 e. The van der Waals surface area contributed by atoms with Gasteiger partial charge in [0.15, 0.2) is 6.61 Å². The van der Waals surface area contributed by atoms with Gasteiger partial charge >= 0.3 is 6.09 Å². The van der Waals surface area contributed by atoms with Gasteiger partial charge in [-0.25, -0.2) is 4.79 Å². The molecule has 2 heterocycles. The molecule has 0 spiro atoms. The molecule has 0 radical (unpaired) electrons. The van der Waals surface area contributed by atoms with Gasteiger partial charge in [0.05, 0.1) is 12.2 Å². The van der Waals surface area contributed by atoms with Crippen LogP contribution in [0.2, 0.25) is 0 Å². The van der Waals surface area contributed by atoms with Gasteiger partial charge in [-0.2, -0.15) is 0 Å². The number of cyclic esters (lactones) is 1. The van der Waals surface area contributed by atoms with Gasteiger partial charge in [0.2, 0.25) is 0 Å². The summed E-state index contributed by atoms with van der Waals surface area (Å²) in [5.41, 5.74) is 1.28. The first kappa shape index (κ1) is 11.8. The first-order chi connectivity index (χ1) is 9.17. The Hall–Kier alpha value is -2.24. The Morgan fingerprint density at radius 2 is 2.26 bits per heavy atom. The van der Waals surface area contributed by atoms with Crippen molar-refractivity contribution in [3.63, 3.8) is 0 Å². The summed E-state index contributed by atoms with van der Waals surface area (Å²) in [5.74, 6) is 0.419. The Morgan fingerprint density at radius 3 is 3.00 bits per heavy atom. The summed E-state index contributed by atoms with van der Waals surface area (Å²) in [6, 6.07) is 5.26.